The smallest absolute Gasteiger partial charge is 0.255 e. The predicted molar refractivity (Wildman–Crippen MR) is 105 cm³/mol. The van der Waals surface area contributed by atoms with Crippen molar-refractivity contribution in [2.45, 2.75) is 13.8 Å². The fraction of sp³-hybridized carbons (Fsp3) is 0.0909. The molecule has 128 valence electrons. The van der Waals surface area contributed by atoms with E-state index in [0.29, 0.717) is 5.56 Å². The van der Waals surface area contributed by atoms with Crippen LogP contribution < -0.4 is 5.32 Å². The van der Waals surface area contributed by atoms with Gasteiger partial charge in [-0.2, -0.15) is 0 Å². The van der Waals surface area contributed by atoms with Crippen LogP contribution in [0.3, 0.4) is 0 Å². The van der Waals surface area contributed by atoms with Gasteiger partial charge >= 0.3 is 0 Å². The van der Waals surface area contributed by atoms with Crippen LogP contribution in [0.4, 0.5) is 5.69 Å². The summed E-state index contributed by atoms with van der Waals surface area (Å²) in [7, 11) is 0. The number of imidazole rings is 1. The topological polar surface area (TPSA) is 46.9 Å². The van der Waals surface area contributed by atoms with E-state index in [-0.39, 0.29) is 5.91 Å². The fourth-order valence-electron chi connectivity index (χ4n) is 3.09. The number of amides is 1. The van der Waals surface area contributed by atoms with Gasteiger partial charge < -0.3 is 5.32 Å². The third-order valence-electron chi connectivity index (χ3n) is 4.49. The first-order valence-corrected chi connectivity index (χ1v) is 8.53. The number of aryl methyl sites for hydroxylation is 2. The van der Waals surface area contributed by atoms with Crippen LogP contribution in [0.25, 0.3) is 16.7 Å². The van der Waals surface area contributed by atoms with Crippen LogP contribution in [-0.4, -0.2) is 15.5 Å². The Hall–Kier alpha value is -3.40. The second kappa shape index (κ2) is 6.48. The zero-order valence-electron chi connectivity index (χ0n) is 14.7. The molecule has 1 N–H and O–H groups in total. The van der Waals surface area contributed by atoms with Gasteiger partial charge in [-0.05, 0) is 61.9 Å². The van der Waals surface area contributed by atoms with Crippen LogP contribution in [0, 0.1) is 13.8 Å². The van der Waals surface area contributed by atoms with Gasteiger partial charge in [0.2, 0.25) is 0 Å². The number of fused-ring (bicyclic) bond motifs is 1. The number of hydrogen-bond acceptors (Lipinski definition) is 2. The highest BCUT2D eigenvalue weighted by Gasteiger charge is 2.09. The summed E-state index contributed by atoms with van der Waals surface area (Å²) in [5, 5.41) is 2.98. The number of carbonyl (C=O) groups excluding carboxylic acids is 1. The molecule has 4 nitrogen and oxygen atoms in total. The van der Waals surface area contributed by atoms with E-state index < -0.39 is 0 Å². The molecule has 0 aliphatic rings. The normalized spacial score (nSPS) is 10.8. The van der Waals surface area contributed by atoms with Crippen molar-refractivity contribution < 1.29 is 4.79 Å². The molecule has 0 aliphatic heterocycles. The first kappa shape index (κ1) is 16.1. The lowest BCUT2D eigenvalue weighted by molar-refractivity contribution is 0.102. The van der Waals surface area contributed by atoms with Gasteiger partial charge in [0.1, 0.15) is 6.33 Å². The summed E-state index contributed by atoms with van der Waals surface area (Å²) in [5.41, 5.74) is 6.66. The molecule has 0 saturated heterocycles. The Morgan fingerprint density at radius 1 is 0.962 bits per heavy atom. The van der Waals surface area contributed by atoms with Crippen molar-refractivity contribution in [3.63, 3.8) is 0 Å². The quantitative estimate of drug-likeness (QED) is 0.576. The van der Waals surface area contributed by atoms with Crippen molar-refractivity contribution in [1.82, 2.24) is 9.55 Å². The van der Waals surface area contributed by atoms with E-state index in [1.54, 1.807) is 6.33 Å². The summed E-state index contributed by atoms with van der Waals surface area (Å²) in [6, 6.07) is 21.5. The molecule has 1 amide bonds. The Morgan fingerprint density at radius 2 is 1.73 bits per heavy atom. The Kier molecular flexibility index (Phi) is 4.01. The van der Waals surface area contributed by atoms with E-state index in [0.717, 1.165) is 28.0 Å². The van der Waals surface area contributed by atoms with Gasteiger partial charge in [-0.25, -0.2) is 4.98 Å². The van der Waals surface area contributed by atoms with E-state index in [4.69, 9.17) is 0 Å². The number of benzene rings is 3. The van der Waals surface area contributed by atoms with Gasteiger partial charge in [0.15, 0.2) is 0 Å². The molecule has 1 aromatic heterocycles. The van der Waals surface area contributed by atoms with Crippen molar-refractivity contribution in [1.29, 1.82) is 0 Å². The largest absolute Gasteiger partial charge is 0.322 e. The number of anilines is 1. The first-order valence-electron chi connectivity index (χ1n) is 8.53. The minimum atomic E-state index is -0.112. The van der Waals surface area contributed by atoms with Crippen molar-refractivity contribution in [2.24, 2.45) is 0 Å². The van der Waals surface area contributed by atoms with Gasteiger partial charge in [-0.15, -0.1) is 0 Å². The van der Waals surface area contributed by atoms with Crippen molar-refractivity contribution in [3.05, 3.63) is 89.7 Å². The maximum atomic E-state index is 12.5. The molecule has 4 rings (SSSR count). The number of nitrogens with one attached hydrogen (secondary N) is 1. The summed E-state index contributed by atoms with van der Waals surface area (Å²) >= 11 is 0. The molecule has 0 spiro atoms. The lowest BCUT2D eigenvalue weighted by atomic mass is 10.1. The molecular formula is C22H19N3O. The average molecular weight is 341 g/mol. The highest BCUT2D eigenvalue weighted by Crippen LogP contribution is 2.20. The molecule has 4 heteroatoms. The number of aromatic nitrogens is 2. The highest BCUT2D eigenvalue weighted by molar-refractivity contribution is 6.04. The van der Waals surface area contributed by atoms with Crippen LogP contribution in [0.2, 0.25) is 0 Å². The molecule has 26 heavy (non-hydrogen) atoms. The second-order valence-electron chi connectivity index (χ2n) is 6.42. The second-order valence-corrected chi connectivity index (χ2v) is 6.42. The minimum absolute atomic E-state index is 0.112. The van der Waals surface area contributed by atoms with Crippen molar-refractivity contribution in [3.8, 4) is 5.69 Å². The van der Waals surface area contributed by atoms with E-state index in [2.05, 4.69) is 16.4 Å². The molecule has 0 saturated carbocycles. The lowest BCUT2D eigenvalue weighted by Gasteiger charge is -2.10. The Bertz CT molecular complexity index is 1090. The van der Waals surface area contributed by atoms with Crippen LogP contribution >= 0.6 is 0 Å². The lowest BCUT2D eigenvalue weighted by Crippen LogP contribution is -2.12. The number of rotatable bonds is 3. The molecule has 4 aromatic rings. The van der Waals surface area contributed by atoms with Crippen LogP contribution in [0.5, 0.6) is 0 Å². The SMILES string of the molecule is Cc1ccc(NC(=O)c2ccc(-n3cnc4ccccc43)cc2)c(C)c1. The van der Waals surface area contributed by atoms with Gasteiger partial charge in [0.25, 0.3) is 5.91 Å². The van der Waals surface area contributed by atoms with Crippen LogP contribution in [-0.2, 0) is 0 Å². The molecular weight excluding hydrogens is 322 g/mol. The number of nitrogens with zero attached hydrogens (tertiary/aromatic N) is 2. The molecule has 3 aromatic carbocycles. The molecule has 0 aliphatic carbocycles. The molecule has 0 fully saturated rings. The highest BCUT2D eigenvalue weighted by atomic mass is 16.1. The molecule has 0 bridgehead atoms. The zero-order valence-corrected chi connectivity index (χ0v) is 14.7. The average Bonchev–Trinajstić information content (AvgIpc) is 3.08. The molecule has 0 atom stereocenters. The summed E-state index contributed by atoms with van der Waals surface area (Å²) in [5.74, 6) is -0.112. The molecule has 1 heterocycles. The summed E-state index contributed by atoms with van der Waals surface area (Å²) in [6.45, 7) is 4.03. The van der Waals surface area contributed by atoms with E-state index >= 15 is 0 Å². The van der Waals surface area contributed by atoms with E-state index in [1.165, 1.54) is 5.56 Å². The van der Waals surface area contributed by atoms with Crippen molar-refractivity contribution in [2.75, 3.05) is 5.32 Å². The fourth-order valence-corrected chi connectivity index (χ4v) is 3.09. The molecule has 0 unspecified atom stereocenters. The summed E-state index contributed by atoms with van der Waals surface area (Å²) in [4.78, 5) is 16.9. The van der Waals surface area contributed by atoms with E-state index in [1.807, 2.05) is 79.1 Å². The number of carbonyl (C=O) groups is 1. The maximum absolute atomic E-state index is 12.5. The Morgan fingerprint density at radius 3 is 2.50 bits per heavy atom. The maximum Gasteiger partial charge on any atom is 0.255 e. The summed E-state index contributed by atoms with van der Waals surface area (Å²) in [6.07, 6.45) is 1.80. The van der Waals surface area contributed by atoms with Crippen molar-refractivity contribution >= 4 is 22.6 Å². The predicted octanol–water partition coefficient (Wildman–Crippen LogP) is 4.89. The van der Waals surface area contributed by atoms with Crippen LogP contribution in [0.15, 0.2) is 73.1 Å². The van der Waals surface area contributed by atoms with Gasteiger partial charge in [0.05, 0.1) is 11.0 Å². The Labute approximate surface area is 152 Å². The number of hydrogen-bond donors (Lipinski definition) is 1. The summed E-state index contributed by atoms with van der Waals surface area (Å²) < 4.78 is 2.02. The monoisotopic (exact) mass is 341 g/mol. The Balaban J connectivity index is 1.58. The first-order chi connectivity index (χ1) is 12.6. The zero-order chi connectivity index (χ0) is 18.1. The third kappa shape index (κ3) is 2.97. The van der Waals surface area contributed by atoms with Gasteiger partial charge in [-0.1, -0.05) is 29.8 Å². The van der Waals surface area contributed by atoms with Crippen LogP contribution in [0.1, 0.15) is 21.5 Å². The number of para-hydroxylation sites is 2. The molecule has 0 radical (unpaired) electrons. The van der Waals surface area contributed by atoms with Gasteiger partial charge in [0, 0.05) is 16.9 Å². The van der Waals surface area contributed by atoms with E-state index in [9.17, 15) is 4.79 Å². The van der Waals surface area contributed by atoms with Gasteiger partial charge in [-0.3, -0.25) is 9.36 Å². The minimum Gasteiger partial charge on any atom is -0.322 e. The third-order valence-corrected chi connectivity index (χ3v) is 4.49. The standard InChI is InChI=1S/C22H19N3O/c1-15-7-12-19(16(2)13-15)24-22(26)17-8-10-18(11-9-17)25-14-23-20-5-3-4-6-21(20)25/h3-14H,1-2H3,(H,24,26).